The van der Waals surface area contributed by atoms with Crippen molar-refractivity contribution < 1.29 is 19.8 Å². The maximum atomic E-state index is 11.6. The Morgan fingerprint density at radius 2 is 2.33 bits per heavy atom. The van der Waals surface area contributed by atoms with Crippen molar-refractivity contribution in [2.75, 3.05) is 6.54 Å². The Hall–Kier alpha value is -1.90. The number of aromatic nitrogens is 2. The number of imidazole rings is 1. The number of carboxylic acids is 1. The Labute approximate surface area is 128 Å². The molecule has 2 heterocycles. The summed E-state index contributed by atoms with van der Waals surface area (Å²) in [5.41, 5.74) is 0.591. The number of aliphatic hydroxyl groups is 1. The van der Waals surface area contributed by atoms with Crippen LogP contribution in [0, 0.1) is 0 Å². The van der Waals surface area contributed by atoms with E-state index in [4.69, 9.17) is 21.8 Å². The number of nitrogens with one attached hydrogen (secondary N) is 1. The van der Waals surface area contributed by atoms with Gasteiger partial charge >= 0.3 is 5.97 Å². The van der Waals surface area contributed by atoms with Gasteiger partial charge in [0, 0.05) is 30.6 Å². The number of nitrogens with zero attached hydrogens (tertiary/aromatic N) is 2. The minimum absolute atomic E-state index is 0.0584. The van der Waals surface area contributed by atoms with Crippen LogP contribution >= 0.6 is 22.9 Å². The summed E-state index contributed by atoms with van der Waals surface area (Å²) in [7, 11) is 0. The predicted octanol–water partition coefficient (Wildman–Crippen LogP) is 1.01. The number of fused-ring (bicyclic) bond motifs is 1. The molecule has 21 heavy (non-hydrogen) atoms. The van der Waals surface area contributed by atoms with Crippen molar-refractivity contribution >= 4 is 45.9 Å². The van der Waals surface area contributed by atoms with Gasteiger partial charge in [0.2, 0.25) is 5.91 Å². The molecule has 0 bridgehead atoms. The molecule has 9 heteroatoms. The molecule has 2 aromatic rings. The highest BCUT2D eigenvalue weighted by Gasteiger charge is 2.12. The van der Waals surface area contributed by atoms with Crippen molar-refractivity contribution in [2.24, 2.45) is 0 Å². The van der Waals surface area contributed by atoms with Crippen LogP contribution in [0.2, 0.25) is 5.15 Å². The number of carbonyl (C=O) groups excluding carboxylic acids is 1. The second-order valence-electron chi connectivity index (χ2n) is 4.11. The molecule has 0 saturated heterocycles. The average molecular weight is 330 g/mol. The van der Waals surface area contributed by atoms with E-state index >= 15 is 0 Å². The molecular weight excluding hydrogens is 318 g/mol. The van der Waals surface area contributed by atoms with Crippen LogP contribution in [-0.2, 0) is 9.59 Å². The summed E-state index contributed by atoms with van der Waals surface area (Å²) in [4.78, 5) is 26.8. The van der Waals surface area contributed by atoms with Crippen LogP contribution in [-0.4, -0.2) is 44.1 Å². The average Bonchev–Trinajstić information content (AvgIpc) is 2.97. The van der Waals surface area contributed by atoms with Crippen LogP contribution in [0.1, 0.15) is 12.1 Å². The fourth-order valence-electron chi connectivity index (χ4n) is 1.60. The Morgan fingerprint density at radius 3 is 3.05 bits per heavy atom. The molecule has 0 unspecified atom stereocenters. The molecule has 1 amide bonds. The molecule has 0 aromatic carbocycles. The van der Waals surface area contributed by atoms with Gasteiger partial charge in [0.15, 0.2) is 16.2 Å². The highest BCUT2D eigenvalue weighted by atomic mass is 35.5. The summed E-state index contributed by atoms with van der Waals surface area (Å²) in [6, 6.07) is 0. The van der Waals surface area contributed by atoms with Gasteiger partial charge in [-0.1, -0.05) is 11.6 Å². The van der Waals surface area contributed by atoms with Gasteiger partial charge in [-0.2, -0.15) is 0 Å². The standard InChI is InChI=1S/C12H12ClN3O4S/c13-10-7(16-5-6-21-12(16)15-10)1-2-9(18)14-4-3-8(17)11(19)20/h1-2,5-6,8,17H,3-4H2,(H,14,18)(H,19,20)/b2-1+/t8-/m0/s1. The van der Waals surface area contributed by atoms with Gasteiger partial charge in [-0.3, -0.25) is 9.20 Å². The van der Waals surface area contributed by atoms with E-state index < -0.39 is 18.0 Å². The molecule has 7 nitrogen and oxygen atoms in total. The fourth-order valence-corrected chi connectivity index (χ4v) is 2.60. The molecule has 3 N–H and O–H groups in total. The number of hydrogen-bond donors (Lipinski definition) is 3. The topological polar surface area (TPSA) is 104 Å². The summed E-state index contributed by atoms with van der Waals surface area (Å²) in [6.07, 6.45) is 3.05. The van der Waals surface area contributed by atoms with Gasteiger partial charge in [-0.25, -0.2) is 9.78 Å². The largest absolute Gasteiger partial charge is 0.479 e. The maximum Gasteiger partial charge on any atom is 0.332 e. The number of aliphatic hydroxyl groups excluding tert-OH is 1. The van der Waals surface area contributed by atoms with Crippen molar-refractivity contribution in [3.8, 4) is 0 Å². The maximum absolute atomic E-state index is 11.6. The first-order valence-electron chi connectivity index (χ1n) is 5.97. The Kier molecular flexibility index (Phi) is 4.94. The lowest BCUT2D eigenvalue weighted by Gasteiger charge is -2.05. The van der Waals surface area contributed by atoms with Crippen molar-refractivity contribution in [1.29, 1.82) is 0 Å². The molecule has 0 spiro atoms. The Balaban J connectivity index is 1.92. The van der Waals surface area contributed by atoms with E-state index in [-0.39, 0.29) is 13.0 Å². The SMILES string of the molecule is O=C(/C=C/c1c(Cl)nc2sccn12)NCC[C@H](O)C(=O)O. The van der Waals surface area contributed by atoms with Crippen molar-refractivity contribution in [3.05, 3.63) is 28.5 Å². The molecule has 0 aliphatic carbocycles. The molecule has 112 valence electrons. The van der Waals surface area contributed by atoms with Crippen LogP contribution in [0.4, 0.5) is 0 Å². The van der Waals surface area contributed by atoms with Crippen molar-refractivity contribution in [2.45, 2.75) is 12.5 Å². The molecule has 0 radical (unpaired) electrons. The van der Waals surface area contributed by atoms with Crippen LogP contribution < -0.4 is 5.32 Å². The van der Waals surface area contributed by atoms with E-state index in [1.54, 1.807) is 10.6 Å². The number of halogens is 1. The zero-order chi connectivity index (χ0) is 15.4. The minimum Gasteiger partial charge on any atom is -0.479 e. The van der Waals surface area contributed by atoms with Gasteiger partial charge in [0.25, 0.3) is 0 Å². The van der Waals surface area contributed by atoms with E-state index in [0.717, 1.165) is 4.96 Å². The second kappa shape index (κ2) is 6.70. The first-order valence-corrected chi connectivity index (χ1v) is 7.22. The predicted molar refractivity (Wildman–Crippen MR) is 78.4 cm³/mol. The highest BCUT2D eigenvalue weighted by Crippen LogP contribution is 2.22. The molecule has 0 fully saturated rings. The number of thiazole rings is 1. The van der Waals surface area contributed by atoms with Gasteiger partial charge in [0.05, 0.1) is 5.69 Å². The molecule has 2 aromatic heterocycles. The van der Waals surface area contributed by atoms with E-state index in [1.165, 1.54) is 23.5 Å². The zero-order valence-electron chi connectivity index (χ0n) is 10.7. The molecule has 2 rings (SSSR count). The second-order valence-corrected chi connectivity index (χ2v) is 5.34. The van der Waals surface area contributed by atoms with Crippen molar-refractivity contribution in [1.82, 2.24) is 14.7 Å². The lowest BCUT2D eigenvalue weighted by atomic mass is 10.2. The Bertz CT molecular complexity index is 694. The van der Waals surface area contributed by atoms with Crippen LogP contribution in [0.3, 0.4) is 0 Å². The normalized spacial score (nSPS) is 12.9. The minimum atomic E-state index is -1.48. The third kappa shape index (κ3) is 3.81. The number of carbonyl (C=O) groups is 2. The van der Waals surface area contributed by atoms with Gasteiger partial charge in [-0.05, 0) is 6.08 Å². The summed E-state index contributed by atoms with van der Waals surface area (Å²) in [5, 5.41) is 22.2. The van der Waals surface area contributed by atoms with Crippen LogP contribution in [0.5, 0.6) is 0 Å². The first-order chi connectivity index (χ1) is 9.99. The van der Waals surface area contributed by atoms with Crippen LogP contribution in [0.15, 0.2) is 17.7 Å². The van der Waals surface area contributed by atoms with E-state index in [2.05, 4.69) is 10.3 Å². The Morgan fingerprint density at radius 1 is 1.57 bits per heavy atom. The molecule has 0 aliphatic rings. The van der Waals surface area contributed by atoms with Gasteiger partial charge < -0.3 is 15.5 Å². The number of rotatable bonds is 6. The molecule has 0 aliphatic heterocycles. The van der Waals surface area contributed by atoms with Gasteiger partial charge in [-0.15, -0.1) is 11.3 Å². The number of hydrogen-bond acceptors (Lipinski definition) is 5. The highest BCUT2D eigenvalue weighted by molar-refractivity contribution is 7.15. The number of amides is 1. The lowest BCUT2D eigenvalue weighted by Crippen LogP contribution is -2.28. The fraction of sp³-hybridized carbons (Fsp3) is 0.250. The summed E-state index contributed by atoms with van der Waals surface area (Å²) in [6.45, 7) is 0.0602. The zero-order valence-corrected chi connectivity index (χ0v) is 12.3. The summed E-state index contributed by atoms with van der Waals surface area (Å²) >= 11 is 7.39. The van der Waals surface area contributed by atoms with E-state index in [1.807, 2.05) is 5.38 Å². The van der Waals surface area contributed by atoms with Crippen molar-refractivity contribution in [3.63, 3.8) is 0 Å². The first kappa shape index (κ1) is 15.5. The molecule has 0 saturated carbocycles. The number of carboxylic acid groups (broad SMARTS) is 1. The lowest BCUT2D eigenvalue weighted by molar-refractivity contribution is -0.147. The quantitative estimate of drug-likeness (QED) is 0.686. The molecule has 1 atom stereocenters. The third-order valence-electron chi connectivity index (χ3n) is 2.65. The molecular formula is C12H12ClN3O4S. The number of aliphatic carboxylic acids is 1. The monoisotopic (exact) mass is 329 g/mol. The van der Waals surface area contributed by atoms with Crippen LogP contribution in [0.25, 0.3) is 11.0 Å². The van der Waals surface area contributed by atoms with Gasteiger partial charge in [0.1, 0.15) is 0 Å². The van der Waals surface area contributed by atoms with E-state index in [0.29, 0.717) is 10.8 Å². The summed E-state index contributed by atoms with van der Waals surface area (Å²) < 4.78 is 1.75. The third-order valence-corrected chi connectivity index (χ3v) is 3.68. The van der Waals surface area contributed by atoms with E-state index in [9.17, 15) is 9.59 Å². The summed E-state index contributed by atoms with van der Waals surface area (Å²) in [5.74, 6) is -1.72. The smallest absolute Gasteiger partial charge is 0.332 e.